The van der Waals surface area contributed by atoms with E-state index < -0.39 is 0 Å². The highest BCUT2D eigenvalue weighted by molar-refractivity contribution is 5.91. The predicted octanol–water partition coefficient (Wildman–Crippen LogP) is 7.32. The Labute approximate surface area is 180 Å². The highest BCUT2D eigenvalue weighted by Crippen LogP contribution is 2.47. The van der Waals surface area contributed by atoms with Gasteiger partial charge < -0.3 is 15.5 Å². The second kappa shape index (κ2) is 8.59. The van der Waals surface area contributed by atoms with Crippen molar-refractivity contribution in [2.45, 2.75) is 64.1 Å². The molecule has 1 aliphatic heterocycles. The van der Waals surface area contributed by atoms with Crippen molar-refractivity contribution in [1.29, 1.82) is 0 Å². The molecule has 0 saturated heterocycles. The van der Waals surface area contributed by atoms with Gasteiger partial charge in [0, 0.05) is 18.2 Å². The van der Waals surface area contributed by atoms with E-state index in [9.17, 15) is 0 Å². The van der Waals surface area contributed by atoms with Crippen LogP contribution in [0.3, 0.4) is 0 Å². The summed E-state index contributed by atoms with van der Waals surface area (Å²) >= 11 is 0. The summed E-state index contributed by atoms with van der Waals surface area (Å²) in [5.41, 5.74) is 5.24. The molecule has 0 aromatic heterocycles. The van der Waals surface area contributed by atoms with Crippen LogP contribution >= 0.6 is 0 Å². The Bertz CT molecular complexity index is 1000. The first-order valence-corrected chi connectivity index (χ1v) is 11.8. The Hall–Kier alpha value is -2.68. The summed E-state index contributed by atoms with van der Waals surface area (Å²) in [6, 6.07) is 22.8. The Morgan fingerprint density at radius 3 is 2.60 bits per heavy atom. The predicted molar refractivity (Wildman–Crippen MR) is 130 cm³/mol. The summed E-state index contributed by atoms with van der Waals surface area (Å²) in [5.74, 6) is 0. The van der Waals surface area contributed by atoms with Gasteiger partial charge in [-0.1, -0.05) is 81.1 Å². The quantitative estimate of drug-likeness (QED) is 0.455. The lowest BCUT2D eigenvalue weighted by Crippen LogP contribution is -2.29. The Kier molecular flexibility index (Phi) is 5.52. The van der Waals surface area contributed by atoms with Crippen molar-refractivity contribution in [1.82, 2.24) is 0 Å². The summed E-state index contributed by atoms with van der Waals surface area (Å²) in [5, 5.41) is 10.5. The minimum Gasteiger partial charge on any atom is -0.381 e. The van der Waals surface area contributed by atoms with Crippen molar-refractivity contribution < 1.29 is 0 Å². The van der Waals surface area contributed by atoms with Crippen molar-refractivity contribution in [3.63, 3.8) is 0 Å². The third-order valence-electron chi connectivity index (χ3n) is 6.78. The number of nitrogens with zero attached hydrogens (tertiary/aromatic N) is 1. The number of nitrogens with one attached hydrogen (secondary N) is 2. The first kappa shape index (κ1) is 19.3. The number of hydrogen-bond acceptors (Lipinski definition) is 3. The van der Waals surface area contributed by atoms with Crippen molar-refractivity contribution in [2.75, 3.05) is 22.1 Å². The van der Waals surface area contributed by atoms with Gasteiger partial charge in [0.05, 0.1) is 17.1 Å². The van der Waals surface area contributed by atoms with Gasteiger partial charge in [0.1, 0.15) is 6.17 Å². The number of para-hydroxylation sites is 1. The Morgan fingerprint density at radius 2 is 1.73 bits per heavy atom. The van der Waals surface area contributed by atoms with Gasteiger partial charge in [0.15, 0.2) is 0 Å². The molecule has 0 amide bonds. The van der Waals surface area contributed by atoms with E-state index in [0.29, 0.717) is 6.04 Å². The lowest BCUT2D eigenvalue weighted by Gasteiger charge is -2.28. The van der Waals surface area contributed by atoms with E-state index in [4.69, 9.17) is 0 Å². The standard InChI is InChI=1S/C27H33N3/c1-2-3-19-30-25-18-10-17-24(28-21-13-5-4-6-14-21)26(25)29-27(30)23-16-9-12-20-11-7-8-15-22(20)23/h7-12,15-18,21,27-29H,2-6,13-14,19H2,1H3. The molecule has 0 bridgehead atoms. The normalized spacial score (nSPS) is 19.0. The maximum absolute atomic E-state index is 3.92. The van der Waals surface area contributed by atoms with Crippen LogP contribution in [0.1, 0.15) is 63.6 Å². The first-order valence-electron chi connectivity index (χ1n) is 11.8. The highest BCUT2D eigenvalue weighted by atomic mass is 15.3. The number of hydrogen-bond donors (Lipinski definition) is 2. The van der Waals surface area contributed by atoms with Gasteiger partial charge in [-0.15, -0.1) is 0 Å². The average molecular weight is 400 g/mol. The van der Waals surface area contributed by atoms with E-state index in [-0.39, 0.29) is 6.17 Å². The third-order valence-corrected chi connectivity index (χ3v) is 6.78. The van der Waals surface area contributed by atoms with Gasteiger partial charge in [-0.05, 0) is 42.2 Å². The van der Waals surface area contributed by atoms with Crippen LogP contribution in [0.4, 0.5) is 17.1 Å². The van der Waals surface area contributed by atoms with E-state index in [1.54, 1.807) is 0 Å². The topological polar surface area (TPSA) is 27.3 Å². The van der Waals surface area contributed by atoms with Crippen LogP contribution in [0, 0.1) is 0 Å². The molecular formula is C27H33N3. The lowest BCUT2D eigenvalue weighted by molar-refractivity contribution is 0.463. The van der Waals surface area contributed by atoms with E-state index in [0.717, 1.165) is 6.54 Å². The average Bonchev–Trinajstić information content (AvgIpc) is 3.17. The maximum atomic E-state index is 3.92. The molecule has 1 heterocycles. The number of anilines is 3. The molecule has 2 aliphatic rings. The number of fused-ring (bicyclic) bond motifs is 2. The number of benzene rings is 3. The SMILES string of the molecule is CCCCN1c2cccc(NC3CCCCC3)c2NC1c1cccc2ccccc12. The summed E-state index contributed by atoms with van der Waals surface area (Å²) in [4.78, 5) is 2.58. The molecular weight excluding hydrogens is 366 g/mol. The fourth-order valence-corrected chi connectivity index (χ4v) is 5.18. The fourth-order valence-electron chi connectivity index (χ4n) is 5.18. The lowest BCUT2D eigenvalue weighted by atomic mass is 9.95. The van der Waals surface area contributed by atoms with Crippen molar-refractivity contribution in [3.05, 3.63) is 66.2 Å². The number of unbranched alkanes of at least 4 members (excludes halogenated alkanes) is 1. The van der Waals surface area contributed by atoms with Gasteiger partial charge in [-0.2, -0.15) is 0 Å². The van der Waals surface area contributed by atoms with Crippen molar-refractivity contribution in [3.8, 4) is 0 Å². The van der Waals surface area contributed by atoms with Crippen LogP contribution in [-0.2, 0) is 0 Å². The Balaban J connectivity index is 1.52. The van der Waals surface area contributed by atoms with Crippen LogP contribution < -0.4 is 15.5 Å². The molecule has 0 radical (unpaired) electrons. The van der Waals surface area contributed by atoms with Crippen molar-refractivity contribution >= 4 is 27.8 Å². The summed E-state index contributed by atoms with van der Waals surface area (Å²) in [7, 11) is 0. The molecule has 3 heteroatoms. The Morgan fingerprint density at radius 1 is 0.933 bits per heavy atom. The minimum absolute atomic E-state index is 0.173. The van der Waals surface area contributed by atoms with Crippen LogP contribution in [-0.4, -0.2) is 12.6 Å². The van der Waals surface area contributed by atoms with E-state index >= 15 is 0 Å². The highest BCUT2D eigenvalue weighted by Gasteiger charge is 2.32. The van der Waals surface area contributed by atoms with Gasteiger partial charge in [-0.3, -0.25) is 0 Å². The molecule has 0 spiro atoms. The zero-order valence-electron chi connectivity index (χ0n) is 18.0. The first-order chi connectivity index (χ1) is 14.8. The molecule has 2 N–H and O–H groups in total. The van der Waals surface area contributed by atoms with E-state index in [1.807, 2.05) is 0 Å². The molecule has 1 fully saturated rings. The van der Waals surface area contributed by atoms with Crippen LogP contribution in [0.2, 0.25) is 0 Å². The molecule has 1 unspecified atom stereocenters. The van der Waals surface area contributed by atoms with Gasteiger partial charge in [0.25, 0.3) is 0 Å². The zero-order valence-corrected chi connectivity index (χ0v) is 18.0. The maximum Gasteiger partial charge on any atom is 0.126 e. The molecule has 1 saturated carbocycles. The zero-order chi connectivity index (χ0) is 20.3. The summed E-state index contributed by atoms with van der Waals surface area (Å²) in [6.45, 7) is 3.34. The van der Waals surface area contributed by atoms with E-state index in [2.05, 4.69) is 83.1 Å². The second-order valence-corrected chi connectivity index (χ2v) is 8.84. The fraction of sp³-hybridized carbons (Fsp3) is 0.407. The monoisotopic (exact) mass is 399 g/mol. The molecule has 3 aromatic rings. The van der Waals surface area contributed by atoms with Gasteiger partial charge in [0.2, 0.25) is 0 Å². The molecule has 3 aromatic carbocycles. The molecule has 156 valence electrons. The molecule has 1 aliphatic carbocycles. The summed E-state index contributed by atoms with van der Waals surface area (Å²) < 4.78 is 0. The van der Waals surface area contributed by atoms with E-state index in [1.165, 1.54) is 78.3 Å². The molecule has 3 nitrogen and oxygen atoms in total. The van der Waals surface area contributed by atoms with Crippen LogP contribution in [0.15, 0.2) is 60.7 Å². The summed E-state index contributed by atoms with van der Waals surface area (Å²) in [6.07, 6.45) is 9.23. The smallest absolute Gasteiger partial charge is 0.126 e. The largest absolute Gasteiger partial charge is 0.381 e. The molecule has 30 heavy (non-hydrogen) atoms. The third kappa shape index (κ3) is 3.62. The molecule has 5 rings (SSSR count). The molecule has 1 atom stereocenters. The van der Waals surface area contributed by atoms with Crippen LogP contribution in [0.5, 0.6) is 0 Å². The van der Waals surface area contributed by atoms with Crippen LogP contribution in [0.25, 0.3) is 10.8 Å². The second-order valence-electron chi connectivity index (χ2n) is 8.84. The van der Waals surface area contributed by atoms with Crippen molar-refractivity contribution in [2.24, 2.45) is 0 Å². The number of rotatable bonds is 6. The minimum atomic E-state index is 0.173. The van der Waals surface area contributed by atoms with Gasteiger partial charge >= 0.3 is 0 Å². The van der Waals surface area contributed by atoms with Gasteiger partial charge in [-0.25, -0.2) is 0 Å².